The van der Waals surface area contributed by atoms with E-state index in [-0.39, 0.29) is 39.4 Å². The average molecular weight is 620 g/mol. The monoisotopic (exact) mass is 619 g/mol. The molecule has 4 heterocycles. The van der Waals surface area contributed by atoms with Crippen LogP contribution in [0.4, 0.5) is 14.9 Å². The number of hydrogen-bond donors (Lipinski definition) is 1. The molecule has 0 saturated carbocycles. The molecule has 3 aromatic heterocycles. The van der Waals surface area contributed by atoms with Crippen molar-refractivity contribution >= 4 is 44.7 Å². The van der Waals surface area contributed by atoms with E-state index in [0.717, 1.165) is 11.3 Å². The highest BCUT2D eigenvalue weighted by atomic mass is 35.5. The maximum atomic E-state index is 15.9. The van der Waals surface area contributed by atoms with Crippen LogP contribution in [0.5, 0.6) is 0 Å². The number of benzene rings is 1. The van der Waals surface area contributed by atoms with Crippen LogP contribution in [0.3, 0.4) is 0 Å². The van der Waals surface area contributed by atoms with Crippen LogP contribution >= 0.6 is 22.9 Å². The number of sulfonamides is 1. The third kappa shape index (κ3) is 6.52. The van der Waals surface area contributed by atoms with Crippen LogP contribution in [0, 0.1) is 11.7 Å². The van der Waals surface area contributed by atoms with E-state index < -0.39 is 15.8 Å². The van der Waals surface area contributed by atoms with Crippen molar-refractivity contribution in [3.8, 4) is 21.8 Å². The van der Waals surface area contributed by atoms with Gasteiger partial charge in [0.2, 0.25) is 5.28 Å². The quantitative estimate of drug-likeness (QED) is 0.224. The number of halogens is 2. The normalized spacial score (nSPS) is 14.4. The van der Waals surface area contributed by atoms with Gasteiger partial charge < -0.3 is 14.1 Å². The Morgan fingerprint density at radius 1 is 1.24 bits per heavy atom. The number of rotatable bonds is 8. The molecule has 1 amide bonds. The first-order valence-electron chi connectivity index (χ1n) is 12.9. The minimum Gasteiger partial charge on any atom is -0.471 e. The predicted molar refractivity (Wildman–Crippen MR) is 153 cm³/mol. The Hall–Kier alpha value is -3.55. The fraction of sp³-hybridized carbons (Fsp3) is 0.333. The maximum absolute atomic E-state index is 15.9. The summed E-state index contributed by atoms with van der Waals surface area (Å²) in [6, 6.07) is 7.33. The van der Waals surface area contributed by atoms with E-state index in [1.165, 1.54) is 42.0 Å². The van der Waals surface area contributed by atoms with Gasteiger partial charge >= 0.3 is 6.09 Å². The molecule has 0 bridgehead atoms. The minimum atomic E-state index is -4.07. The van der Waals surface area contributed by atoms with Crippen molar-refractivity contribution in [3.05, 3.63) is 65.2 Å². The van der Waals surface area contributed by atoms with Gasteiger partial charge in [-0.2, -0.15) is 0 Å². The molecule has 1 aromatic carbocycles. The van der Waals surface area contributed by atoms with Crippen LogP contribution in [0.2, 0.25) is 5.28 Å². The average Bonchev–Trinajstić information content (AvgIpc) is 3.65. The number of nitrogens with one attached hydrogen (secondary N) is 1. The van der Waals surface area contributed by atoms with Gasteiger partial charge in [0.25, 0.3) is 10.0 Å². The molecule has 0 unspecified atom stereocenters. The molecule has 0 aliphatic carbocycles. The van der Waals surface area contributed by atoms with E-state index >= 15 is 4.39 Å². The summed E-state index contributed by atoms with van der Waals surface area (Å²) in [7, 11) is -4.07. The minimum absolute atomic E-state index is 0.0183. The number of thiazole rings is 1. The fourth-order valence-electron chi connectivity index (χ4n) is 4.37. The number of carbonyl (C=O) groups excluding carboxylic acids is 1. The predicted octanol–water partition coefficient (Wildman–Crippen LogP) is 6.43. The summed E-state index contributed by atoms with van der Waals surface area (Å²) in [5.74, 6) is -0.524. The van der Waals surface area contributed by atoms with Crippen LogP contribution in [0.1, 0.15) is 37.6 Å². The molecule has 14 heteroatoms. The second kappa shape index (κ2) is 12.1. The fourth-order valence-corrected chi connectivity index (χ4v) is 6.72. The van der Waals surface area contributed by atoms with Crippen LogP contribution in [-0.2, 0) is 14.8 Å². The summed E-state index contributed by atoms with van der Waals surface area (Å²) < 4.78 is 53.9. The summed E-state index contributed by atoms with van der Waals surface area (Å²) >= 11 is 7.43. The number of nitrogens with zero attached hydrogens (tertiary/aromatic N) is 4. The van der Waals surface area contributed by atoms with Crippen molar-refractivity contribution in [2.45, 2.75) is 37.5 Å². The molecular formula is C27H27ClFN5O5S2. The molecule has 1 fully saturated rings. The van der Waals surface area contributed by atoms with Gasteiger partial charge in [-0.1, -0.05) is 19.9 Å². The molecule has 1 saturated heterocycles. The number of piperidine rings is 1. The highest BCUT2D eigenvalue weighted by molar-refractivity contribution is 7.92. The Labute approximate surface area is 245 Å². The van der Waals surface area contributed by atoms with Crippen LogP contribution < -0.4 is 4.72 Å². The number of hydrogen-bond acceptors (Lipinski definition) is 9. The summed E-state index contributed by atoms with van der Waals surface area (Å²) in [6.07, 6.45) is 4.76. The van der Waals surface area contributed by atoms with Gasteiger partial charge in [-0.25, -0.2) is 32.6 Å². The molecule has 1 N–H and O–H groups in total. The van der Waals surface area contributed by atoms with Crippen molar-refractivity contribution in [2.24, 2.45) is 5.92 Å². The lowest BCUT2D eigenvalue weighted by Crippen LogP contribution is -2.38. The standard InChI is InChI=1S/C27H27ClFN5O5S2/c1-16(2)14-39-27(35)34-11-7-17(8-12-34)25-32-23(24(40-25)21-6-10-30-26(28)31-21)19-4-3-5-20(22(19)29)33-41(36,37)18-9-13-38-15-18/h3-6,9-10,13,15-17,33H,7-8,11-12,14H2,1-2H3. The summed E-state index contributed by atoms with van der Waals surface area (Å²) in [4.78, 5) is 27.6. The van der Waals surface area contributed by atoms with E-state index in [2.05, 4.69) is 14.7 Å². The molecule has 1 aliphatic rings. The van der Waals surface area contributed by atoms with Crippen LogP contribution in [-0.4, -0.2) is 54.1 Å². The maximum Gasteiger partial charge on any atom is 0.409 e. The second-order valence-corrected chi connectivity index (χ2v) is 13.0. The first-order chi connectivity index (χ1) is 19.6. The Morgan fingerprint density at radius 3 is 2.71 bits per heavy atom. The first-order valence-corrected chi connectivity index (χ1v) is 15.6. The zero-order valence-electron chi connectivity index (χ0n) is 22.2. The summed E-state index contributed by atoms with van der Waals surface area (Å²) in [5, 5.41) is 0.780. The van der Waals surface area contributed by atoms with Gasteiger partial charge in [-0.05, 0) is 54.6 Å². The highest BCUT2D eigenvalue weighted by Gasteiger charge is 2.30. The number of ether oxygens (including phenoxy) is 1. The number of furan rings is 1. The van der Waals surface area contributed by atoms with E-state index in [1.807, 2.05) is 13.8 Å². The lowest BCUT2D eigenvalue weighted by molar-refractivity contribution is 0.0834. The largest absolute Gasteiger partial charge is 0.471 e. The van der Waals surface area contributed by atoms with Gasteiger partial charge in [-0.3, -0.25) is 4.72 Å². The molecule has 41 heavy (non-hydrogen) atoms. The number of anilines is 1. The number of amides is 1. The Morgan fingerprint density at radius 2 is 2.02 bits per heavy atom. The molecule has 1 aliphatic heterocycles. The van der Waals surface area contributed by atoms with Crippen molar-refractivity contribution in [3.63, 3.8) is 0 Å². The lowest BCUT2D eigenvalue weighted by atomic mass is 9.98. The van der Waals surface area contributed by atoms with E-state index in [1.54, 1.807) is 17.0 Å². The molecule has 5 rings (SSSR count). The van der Waals surface area contributed by atoms with Crippen molar-refractivity contribution in [1.82, 2.24) is 19.9 Å². The van der Waals surface area contributed by atoms with Gasteiger partial charge in [0, 0.05) is 30.8 Å². The van der Waals surface area contributed by atoms with Gasteiger partial charge in [0.05, 0.1) is 39.8 Å². The number of aromatic nitrogens is 3. The van der Waals surface area contributed by atoms with Crippen LogP contribution in [0.15, 0.2) is 58.4 Å². The van der Waals surface area contributed by atoms with Crippen molar-refractivity contribution in [1.29, 1.82) is 0 Å². The van der Waals surface area contributed by atoms with Crippen molar-refractivity contribution in [2.75, 3.05) is 24.4 Å². The Kier molecular flexibility index (Phi) is 8.57. The van der Waals surface area contributed by atoms with Gasteiger partial charge in [0.1, 0.15) is 11.2 Å². The van der Waals surface area contributed by atoms with Crippen LogP contribution in [0.25, 0.3) is 21.8 Å². The van der Waals surface area contributed by atoms with E-state index in [4.69, 9.17) is 25.7 Å². The zero-order chi connectivity index (χ0) is 29.1. The Bertz CT molecular complexity index is 1640. The number of likely N-dealkylation sites (tertiary alicyclic amines) is 1. The molecule has 10 nitrogen and oxygen atoms in total. The third-order valence-corrected chi connectivity index (χ3v) is 9.21. The van der Waals surface area contributed by atoms with E-state index in [0.29, 0.717) is 48.8 Å². The summed E-state index contributed by atoms with van der Waals surface area (Å²) in [6.45, 7) is 5.34. The zero-order valence-corrected chi connectivity index (χ0v) is 24.6. The third-order valence-electron chi connectivity index (χ3n) is 6.45. The summed E-state index contributed by atoms with van der Waals surface area (Å²) in [5.41, 5.74) is 0.625. The SMILES string of the molecule is CC(C)COC(=O)N1CCC(c2nc(-c3cccc(NS(=O)(=O)c4ccoc4)c3F)c(-c3ccnc(Cl)n3)s2)CC1. The topological polar surface area (TPSA) is 128 Å². The Balaban J connectivity index is 1.46. The van der Waals surface area contributed by atoms with E-state index in [9.17, 15) is 13.2 Å². The van der Waals surface area contributed by atoms with Crippen molar-refractivity contribution < 1.29 is 26.8 Å². The molecule has 4 aromatic rings. The lowest BCUT2D eigenvalue weighted by Gasteiger charge is -2.30. The first kappa shape index (κ1) is 29.0. The van der Waals surface area contributed by atoms with Gasteiger partial charge in [-0.15, -0.1) is 11.3 Å². The van der Waals surface area contributed by atoms with Gasteiger partial charge in [0.15, 0.2) is 5.82 Å². The molecule has 0 atom stereocenters. The number of carbonyl (C=O) groups is 1. The smallest absolute Gasteiger partial charge is 0.409 e. The molecule has 216 valence electrons. The molecule has 0 spiro atoms. The molecular weight excluding hydrogens is 593 g/mol. The highest BCUT2D eigenvalue weighted by Crippen LogP contribution is 2.42. The second-order valence-electron chi connectivity index (χ2n) is 9.90. The molecule has 0 radical (unpaired) electrons.